The van der Waals surface area contributed by atoms with Gasteiger partial charge in [0.25, 0.3) is 0 Å². The molecule has 0 bridgehead atoms. The van der Waals surface area contributed by atoms with Gasteiger partial charge in [-0.2, -0.15) is 0 Å². The van der Waals surface area contributed by atoms with Crippen LogP contribution in [0.4, 0.5) is 0 Å². The molecule has 0 aliphatic heterocycles. The van der Waals surface area contributed by atoms with Crippen molar-refractivity contribution in [3.05, 3.63) is 60.7 Å². The van der Waals surface area contributed by atoms with Crippen molar-refractivity contribution in [3.8, 4) is 0 Å². The Morgan fingerprint density at radius 2 is 1.06 bits per heavy atom. The molecule has 2 aromatic carbocycles. The van der Waals surface area contributed by atoms with E-state index in [0.717, 1.165) is 0 Å². The van der Waals surface area contributed by atoms with Crippen LogP contribution >= 0.6 is 7.29 Å². The van der Waals surface area contributed by atoms with Crippen LogP contribution in [-0.4, -0.2) is 51.4 Å². The third-order valence-electron chi connectivity index (χ3n) is 2.28. The monoisotopic (exact) mass is 257 g/mol. The molecule has 0 radical (unpaired) electrons. The van der Waals surface area contributed by atoms with Crippen LogP contribution in [0.15, 0.2) is 60.7 Å². The summed E-state index contributed by atoms with van der Waals surface area (Å²) in [5, 5.41) is 1.38. The fraction of sp³-hybridized carbons (Fsp3) is 0. The molecule has 0 saturated carbocycles. The summed E-state index contributed by atoms with van der Waals surface area (Å²) >= 11 is 0. The van der Waals surface area contributed by atoms with Gasteiger partial charge in [-0.3, -0.25) is 10.1 Å². The molecule has 2 rings (SSSR count). The van der Waals surface area contributed by atoms with Crippen molar-refractivity contribution in [2.75, 3.05) is 0 Å². The fourth-order valence-electron chi connectivity index (χ4n) is 1.45. The zero-order valence-corrected chi connectivity index (χ0v) is 9.10. The molecule has 0 saturated heterocycles. The van der Waals surface area contributed by atoms with Crippen molar-refractivity contribution in [2.45, 2.75) is 0 Å². The van der Waals surface area contributed by atoms with Crippen LogP contribution in [0.3, 0.4) is 0 Å². The Bertz CT molecular complexity index is 443. The Kier molecular flexibility index (Phi) is 5.61. The molecule has 0 heterocycles. The summed E-state index contributed by atoms with van der Waals surface area (Å²) in [6, 6.07) is 18.3. The maximum absolute atomic E-state index is 12.4. The number of hydrogen-bond acceptors (Lipinski definition) is 1. The van der Waals surface area contributed by atoms with Crippen molar-refractivity contribution < 1.29 is 4.57 Å². The third kappa shape index (κ3) is 3.14. The van der Waals surface area contributed by atoms with Crippen molar-refractivity contribution in [3.63, 3.8) is 0 Å². The van der Waals surface area contributed by atoms with Crippen molar-refractivity contribution >= 4 is 69.3 Å². The van der Waals surface area contributed by atoms with Crippen LogP contribution < -0.4 is 16.1 Å². The Morgan fingerprint density at radius 3 is 1.38 bits per heavy atom. The van der Waals surface area contributed by atoms with Gasteiger partial charge in [-0.1, -0.05) is 36.4 Å². The predicted molar refractivity (Wildman–Crippen MR) is 71.1 cm³/mol. The summed E-state index contributed by atoms with van der Waals surface area (Å²) in [7, 11) is -2.90. The molecule has 0 amide bonds. The zero-order chi connectivity index (χ0) is 10.7. The van der Waals surface area contributed by atoms with Gasteiger partial charge in [0.15, 0.2) is 0 Å². The van der Waals surface area contributed by atoms with E-state index >= 15 is 0 Å². The number of rotatable bonds is 2. The van der Waals surface area contributed by atoms with Gasteiger partial charge in [0, 0.05) is 10.6 Å². The molecule has 0 fully saturated rings. The van der Waals surface area contributed by atoms with Crippen LogP contribution in [-0.2, 0) is 4.57 Å². The number of hydrogen-bond donors (Lipinski definition) is 1. The van der Waals surface area contributed by atoms with Gasteiger partial charge in [-0.25, -0.2) is 0 Å². The second kappa shape index (κ2) is 6.27. The van der Waals surface area contributed by atoms with Gasteiger partial charge in [-0.15, -0.1) is 0 Å². The number of benzene rings is 2. The van der Waals surface area contributed by atoms with Gasteiger partial charge in [-0.05, 0) is 24.3 Å². The van der Waals surface area contributed by atoms with E-state index in [4.69, 9.17) is 5.50 Å². The molecule has 0 aromatic heterocycles. The predicted octanol–water partition coefficient (Wildman–Crippen LogP) is 1.23. The Morgan fingerprint density at radius 1 is 0.750 bits per heavy atom. The molecule has 16 heavy (non-hydrogen) atoms. The second-order valence-corrected chi connectivity index (χ2v) is 5.68. The Hall–Kier alpha value is 0.266. The van der Waals surface area contributed by atoms with Crippen LogP contribution in [0, 0.1) is 0 Å². The first-order valence-electron chi connectivity index (χ1n) is 4.71. The Balaban J connectivity index is 0.00000128. The third-order valence-corrected chi connectivity index (χ3v) is 4.41. The fourth-order valence-corrected chi connectivity index (χ4v) is 2.98. The minimum absolute atomic E-state index is 0. The van der Waals surface area contributed by atoms with Crippen LogP contribution in [0.1, 0.15) is 0 Å². The maximum atomic E-state index is 12.4. The van der Waals surface area contributed by atoms with E-state index < -0.39 is 7.29 Å². The van der Waals surface area contributed by atoms with E-state index in [-0.39, 0.29) is 51.4 Å². The quantitative estimate of drug-likeness (QED) is 0.649. The first kappa shape index (κ1) is 14.3. The van der Waals surface area contributed by atoms with Crippen molar-refractivity contribution in [1.82, 2.24) is 0 Å². The molecule has 2 N–H and O–H groups in total. The molecular weight excluding hydrogens is 244 g/mol. The molecule has 0 atom stereocenters. The van der Waals surface area contributed by atoms with E-state index in [0.29, 0.717) is 10.6 Å². The average molecular weight is 257 g/mol. The second-order valence-electron chi connectivity index (χ2n) is 3.33. The molecule has 4 heteroatoms. The van der Waals surface area contributed by atoms with E-state index in [2.05, 4.69) is 0 Å². The van der Waals surface area contributed by atoms with E-state index in [9.17, 15) is 4.57 Å². The van der Waals surface area contributed by atoms with Crippen LogP contribution in [0.2, 0.25) is 0 Å². The van der Waals surface area contributed by atoms with Crippen LogP contribution in [0.5, 0.6) is 0 Å². The van der Waals surface area contributed by atoms with E-state index in [1.54, 1.807) is 24.3 Å². The molecule has 0 aliphatic rings. The molecule has 0 unspecified atom stereocenters. The molecule has 0 aliphatic carbocycles. The normalized spacial score (nSPS) is 10.6. The summed E-state index contributed by atoms with van der Waals surface area (Å²) in [5.41, 5.74) is 5.91. The zero-order valence-electron chi connectivity index (χ0n) is 8.21. The molecule has 78 valence electrons. The van der Waals surface area contributed by atoms with Crippen LogP contribution in [0.25, 0.3) is 0 Å². The SMILES string of the molecule is NP(=O)(c1ccccc1)c1ccccc1.[KH]. The minimum atomic E-state index is -2.90. The molecule has 2 aromatic rings. The van der Waals surface area contributed by atoms with E-state index in [1.807, 2.05) is 36.4 Å². The average Bonchev–Trinajstić information content (AvgIpc) is 2.31. The van der Waals surface area contributed by atoms with E-state index in [1.165, 1.54) is 0 Å². The summed E-state index contributed by atoms with van der Waals surface area (Å²) in [6.07, 6.45) is 0. The van der Waals surface area contributed by atoms with Crippen molar-refractivity contribution in [1.29, 1.82) is 0 Å². The van der Waals surface area contributed by atoms with Gasteiger partial charge in [0.1, 0.15) is 0 Å². The van der Waals surface area contributed by atoms with Gasteiger partial charge in [0.05, 0.1) is 0 Å². The summed E-state index contributed by atoms with van der Waals surface area (Å²) in [6.45, 7) is 0. The van der Waals surface area contributed by atoms with Gasteiger partial charge < -0.3 is 0 Å². The van der Waals surface area contributed by atoms with Gasteiger partial charge >= 0.3 is 51.4 Å². The summed E-state index contributed by atoms with van der Waals surface area (Å²) in [4.78, 5) is 0. The molecule has 2 nitrogen and oxygen atoms in total. The first-order valence-corrected chi connectivity index (χ1v) is 6.49. The first-order chi connectivity index (χ1) is 7.21. The summed E-state index contributed by atoms with van der Waals surface area (Å²) < 4.78 is 12.4. The van der Waals surface area contributed by atoms with Gasteiger partial charge in [0.2, 0.25) is 7.29 Å². The van der Waals surface area contributed by atoms with Crippen molar-refractivity contribution in [2.24, 2.45) is 5.50 Å². The standard InChI is InChI=1S/C12H12NOP.K.H/c13-15(14,11-7-3-1-4-8-11)12-9-5-2-6-10-12;;/h1-10H,(H2,13,14);;. The molecule has 0 spiro atoms. The Labute approximate surface area is 138 Å². The molecular formula is C12H13KNOP. The number of nitrogens with two attached hydrogens (primary N) is 1. The summed E-state index contributed by atoms with van der Waals surface area (Å²) in [5.74, 6) is 0. The topological polar surface area (TPSA) is 43.1 Å².